The minimum atomic E-state index is 0.0783. The van der Waals surface area contributed by atoms with Crippen molar-refractivity contribution in [3.8, 4) is 0 Å². The fourth-order valence-electron chi connectivity index (χ4n) is 5.91. The summed E-state index contributed by atoms with van der Waals surface area (Å²) in [6.07, 6.45) is 5.57. The number of hydrogen-bond donors (Lipinski definition) is 1. The van der Waals surface area contributed by atoms with E-state index in [2.05, 4.69) is 35.6 Å². The summed E-state index contributed by atoms with van der Waals surface area (Å²) in [6.45, 7) is 6.32. The van der Waals surface area contributed by atoms with Crippen molar-refractivity contribution in [2.45, 2.75) is 82.3 Å². The highest BCUT2D eigenvalue weighted by Crippen LogP contribution is 2.57. The summed E-state index contributed by atoms with van der Waals surface area (Å²) < 4.78 is 0. The number of carbonyl (C=O) groups is 1. The van der Waals surface area contributed by atoms with Crippen LogP contribution in [0.2, 0.25) is 0 Å². The number of piperidine rings is 1. The molecular formula is C24H29N5OS2. The van der Waals surface area contributed by atoms with Gasteiger partial charge < -0.3 is 10.2 Å². The Bertz CT molecular complexity index is 1220. The number of amides is 1. The molecule has 5 atom stereocenters. The molecule has 3 aliphatic rings. The first-order valence-electron chi connectivity index (χ1n) is 11.6. The van der Waals surface area contributed by atoms with Gasteiger partial charge in [-0.15, -0.1) is 22.7 Å². The van der Waals surface area contributed by atoms with E-state index in [1.165, 1.54) is 23.1 Å². The van der Waals surface area contributed by atoms with Gasteiger partial charge in [0.25, 0.3) is 5.91 Å². The number of fused-ring (bicyclic) bond motifs is 3. The minimum absolute atomic E-state index is 0.0783. The Labute approximate surface area is 196 Å². The van der Waals surface area contributed by atoms with Gasteiger partial charge in [-0.05, 0) is 64.3 Å². The fourth-order valence-corrected chi connectivity index (χ4v) is 7.96. The lowest BCUT2D eigenvalue weighted by molar-refractivity contribution is 0.0648. The van der Waals surface area contributed by atoms with Gasteiger partial charge in [0.15, 0.2) is 5.01 Å². The highest BCUT2D eigenvalue weighted by molar-refractivity contribution is 7.16. The number of rotatable bonds is 4. The Morgan fingerprint density at radius 1 is 1.22 bits per heavy atom. The van der Waals surface area contributed by atoms with E-state index in [-0.39, 0.29) is 11.4 Å². The Balaban J connectivity index is 1.22. The maximum atomic E-state index is 13.4. The summed E-state index contributed by atoms with van der Waals surface area (Å²) >= 11 is 3.27. The molecule has 3 fully saturated rings. The highest BCUT2D eigenvalue weighted by Gasteiger charge is 2.46. The minimum Gasteiger partial charge on any atom is -0.337 e. The van der Waals surface area contributed by atoms with Crippen molar-refractivity contribution in [1.29, 1.82) is 0 Å². The molecule has 2 aliphatic heterocycles. The van der Waals surface area contributed by atoms with Crippen LogP contribution in [0.1, 0.15) is 82.8 Å². The predicted molar refractivity (Wildman–Crippen MR) is 129 cm³/mol. The third-order valence-electron chi connectivity index (χ3n) is 7.67. The average Bonchev–Trinajstić information content (AvgIpc) is 3.07. The molecule has 0 spiro atoms. The van der Waals surface area contributed by atoms with E-state index in [1.807, 2.05) is 18.9 Å². The van der Waals surface area contributed by atoms with Gasteiger partial charge >= 0.3 is 0 Å². The zero-order valence-electron chi connectivity index (χ0n) is 19.0. The van der Waals surface area contributed by atoms with Crippen molar-refractivity contribution < 1.29 is 4.79 Å². The Morgan fingerprint density at radius 3 is 2.88 bits per heavy atom. The third-order valence-corrected chi connectivity index (χ3v) is 9.75. The molecule has 2 bridgehead atoms. The third kappa shape index (κ3) is 3.38. The summed E-state index contributed by atoms with van der Waals surface area (Å²) in [5.74, 6) is 1.72. The van der Waals surface area contributed by atoms with Crippen molar-refractivity contribution in [1.82, 2.24) is 25.2 Å². The van der Waals surface area contributed by atoms with Gasteiger partial charge in [0, 0.05) is 46.8 Å². The second-order valence-electron chi connectivity index (χ2n) is 10.2. The number of carbonyl (C=O) groups excluding carboxylic acids is 1. The van der Waals surface area contributed by atoms with Gasteiger partial charge in [0.1, 0.15) is 10.7 Å². The van der Waals surface area contributed by atoms with Gasteiger partial charge in [-0.2, -0.15) is 0 Å². The molecule has 5 heterocycles. The van der Waals surface area contributed by atoms with Gasteiger partial charge in [0.05, 0.1) is 11.4 Å². The molecule has 0 unspecified atom stereocenters. The maximum absolute atomic E-state index is 13.4. The molecule has 168 valence electrons. The second-order valence-corrected chi connectivity index (χ2v) is 12.1. The Morgan fingerprint density at radius 2 is 2.06 bits per heavy atom. The fraction of sp³-hybridized carbons (Fsp3) is 0.583. The molecular weight excluding hydrogens is 438 g/mol. The summed E-state index contributed by atoms with van der Waals surface area (Å²) in [7, 11) is 1.97. The molecule has 0 aromatic carbocycles. The van der Waals surface area contributed by atoms with Crippen LogP contribution in [0.15, 0.2) is 11.4 Å². The molecule has 3 aromatic rings. The molecule has 1 aliphatic carbocycles. The van der Waals surface area contributed by atoms with E-state index in [9.17, 15) is 4.79 Å². The van der Waals surface area contributed by atoms with E-state index >= 15 is 0 Å². The van der Waals surface area contributed by atoms with Crippen molar-refractivity contribution in [3.05, 3.63) is 38.5 Å². The molecule has 32 heavy (non-hydrogen) atoms. The predicted octanol–water partition coefficient (Wildman–Crippen LogP) is 4.78. The summed E-state index contributed by atoms with van der Waals surface area (Å²) in [5, 5.41) is 7.66. The van der Waals surface area contributed by atoms with Crippen LogP contribution in [0.3, 0.4) is 0 Å². The molecule has 1 N–H and O–H groups in total. The van der Waals surface area contributed by atoms with Crippen LogP contribution in [-0.4, -0.2) is 50.4 Å². The molecule has 0 radical (unpaired) electrons. The van der Waals surface area contributed by atoms with Crippen LogP contribution in [-0.2, 0) is 0 Å². The monoisotopic (exact) mass is 467 g/mol. The molecule has 3 aromatic heterocycles. The second kappa shape index (κ2) is 7.30. The van der Waals surface area contributed by atoms with Gasteiger partial charge in [-0.1, -0.05) is 0 Å². The van der Waals surface area contributed by atoms with Crippen molar-refractivity contribution in [3.63, 3.8) is 0 Å². The number of aromatic nitrogens is 3. The van der Waals surface area contributed by atoms with E-state index in [4.69, 9.17) is 9.97 Å². The quantitative estimate of drug-likeness (QED) is 0.598. The Hall–Kier alpha value is -1.90. The number of thiophene rings is 1. The smallest absolute Gasteiger partial charge is 0.282 e. The van der Waals surface area contributed by atoms with E-state index in [0.717, 1.165) is 41.3 Å². The summed E-state index contributed by atoms with van der Waals surface area (Å²) in [4.78, 5) is 31.8. The summed E-state index contributed by atoms with van der Waals surface area (Å²) in [6, 6.07) is 2.97. The van der Waals surface area contributed by atoms with Crippen LogP contribution >= 0.6 is 22.7 Å². The van der Waals surface area contributed by atoms with Crippen molar-refractivity contribution in [2.75, 3.05) is 7.05 Å². The van der Waals surface area contributed by atoms with E-state index in [1.54, 1.807) is 22.7 Å². The van der Waals surface area contributed by atoms with Crippen LogP contribution < -0.4 is 5.32 Å². The maximum Gasteiger partial charge on any atom is 0.282 e. The first kappa shape index (κ1) is 20.7. The number of nitrogens with one attached hydrogen (secondary N) is 1. The van der Waals surface area contributed by atoms with Crippen molar-refractivity contribution >= 4 is 38.8 Å². The number of hydrogen-bond acceptors (Lipinski definition) is 7. The molecule has 8 heteroatoms. The topological polar surface area (TPSA) is 71.0 Å². The lowest BCUT2D eigenvalue weighted by Crippen LogP contribution is -2.54. The molecule has 6 nitrogen and oxygen atoms in total. The molecule has 2 saturated heterocycles. The largest absolute Gasteiger partial charge is 0.337 e. The number of nitrogens with zero attached hydrogens (tertiary/aromatic N) is 4. The SMILES string of the molecule is Cc1nc([C@@H]2C[C@H]2c2sc(C(=O)N(C)[C@H]3C[C@H]4CC[C@@](C)(C3)N4)nc2C)c2ccsc2n1. The number of aryl methyl sites for hydroxylation is 2. The normalized spacial score (nSPS) is 31.2. The van der Waals surface area contributed by atoms with Gasteiger partial charge in [-0.3, -0.25) is 4.79 Å². The van der Waals surface area contributed by atoms with Crippen molar-refractivity contribution in [2.24, 2.45) is 0 Å². The lowest BCUT2D eigenvalue weighted by atomic mass is 9.88. The highest BCUT2D eigenvalue weighted by atomic mass is 32.1. The van der Waals surface area contributed by atoms with Gasteiger partial charge in [-0.25, -0.2) is 15.0 Å². The van der Waals surface area contributed by atoms with Gasteiger partial charge in [0.2, 0.25) is 0 Å². The molecule has 1 amide bonds. The van der Waals surface area contributed by atoms with Crippen LogP contribution in [0, 0.1) is 13.8 Å². The lowest BCUT2D eigenvalue weighted by Gasteiger charge is -2.40. The van der Waals surface area contributed by atoms with E-state index in [0.29, 0.717) is 28.9 Å². The number of thiazole rings is 1. The average molecular weight is 468 g/mol. The molecule has 1 saturated carbocycles. The van der Waals surface area contributed by atoms with Crippen LogP contribution in [0.25, 0.3) is 10.2 Å². The zero-order valence-corrected chi connectivity index (χ0v) is 20.6. The van der Waals surface area contributed by atoms with E-state index < -0.39 is 0 Å². The van der Waals surface area contributed by atoms with Crippen LogP contribution in [0.5, 0.6) is 0 Å². The first-order chi connectivity index (χ1) is 15.3. The molecule has 6 rings (SSSR count). The standard InChI is InChI=1S/C24H29N5OS2/c1-12-20(18-10-17(18)19-16-6-8-31-21(16)27-13(2)26-19)32-22(25-12)23(30)29(4)15-9-14-5-7-24(3,11-15)28-14/h6,8,14-15,17-18,28H,5,7,9-11H2,1-4H3/t14-,15+,17-,18-,24+/m1/s1. The summed E-state index contributed by atoms with van der Waals surface area (Å²) in [5.41, 5.74) is 2.34. The van der Waals surface area contributed by atoms with Crippen LogP contribution in [0.4, 0.5) is 0 Å². The zero-order chi connectivity index (χ0) is 22.2. The first-order valence-corrected chi connectivity index (χ1v) is 13.2. The Kier molecular flexibility index (Phi) is 4.72.